The average molecular weight is 277 g/mol. The van der Waals surface area contributed by atoms with Gasteiger partial charge in [-0.3, -0.25) is 9.69 Å². The fourth-order valence-electron chi connectivity index (χ4n) is 2.50. The van der Waals surface area contributed by atoms with Gasteiger partial charge in [0.2, 0.25) is 0 Å². The number of carbonyl (C=O) groups is 1. The van der Waals surface area contributed by atoms with E-state index in [0.29, 0.717) is 17.0 Å². The first-order chi connectivity index (χ1) is 9.52. The van der Waals surface area contributed by atoms with Crippen molar-refractivity contribution in [1.29, 1.82) is 0 Å². The number of benzene rings is 1. The van der Waals surface area contributed by atoms with Crippen LogP contribution in [-0.4, -0.2) is 62.0 Å². The van der Waals surface area contributed by atoms with Gasteiger partial charge in [0.05, 0.1) is 18.8 Å². The standard InChI is InChI=1S/C15H23N3O2/c1-11(18-8-6-17(2)7-9-18)15(19)12-4-5-14(20-3)13(16)10-12/h4-5,10-11H,6-9,16H2,1-3H3. The summed E-state index contributed by atoms with van der Waals surface area (Å²) >= 11 is 0. The molecular formula is C15H23N3O2. The molecule has 1 saturated heterocycles. The third kappa shape index (κ3) is 3.11. The van der Waals surface area contributed by atoms with Gasteiger partial charge in [-0.1, -0.05) is 0 Å². The Hall–Kier alpha value is -1.59. The normalized spacial score (nSPS) is 18.8. The van der Waals surface area contributed by atoms with E-state index in [4.69, 9.17) is 10.5 Å². The van der Waals surface area contributed by atoms with Crippen molar-refractivity contribution >= 4 is 11.5 Å². The molecule has 1 heterocycles. The summed E-state index contributed by atoms with van der Waals surface area (Å²) in [5.74, 6) is 0.720. The maximum absolute atomic E-state index is 12.5. The van der Waals surface area contributed by atoms with Crippen molar-refractivity contribution in [2.45, 2.75) is 13.0 Å². The lowest BCUT2D eigenvalue weighted by Gasteiger charge is -2.35. The van der Waals surface area contributed by atoms with Gasteiger partial charge >= 0.3 is 0 Å². The molecule has 0 spiro atoms. The first-order valence-electron chi connectivity index (χ1n) is 6.93. The maximum atomic E-state index is 12.5. The SMILES string of the molecule is COc1ccc(C(=O)C(C)N2CCN(C)CC2)cc1N. The van der Waals surface area contributed by atoms with Crippen molar-refractivity contribution in [1.82, 2.24) is 9.80 Å². The summed E-state index contributed by atoms with van der Waals surface area (Å²) in [4.78, 5) is 17.0. The van der Waals surface area contributed by atoms with E-state index in [1.165, 1.54) is 0 Å². The third-order valence-corrected chi connectivity index (χ3v) is 3.98. The number of carbonyl (C=O) groups excluding carboxylic acids is 1. The summed E-state index contributed by atoms with van der Waals surface area (Å²) in [6.07, 6.45) is 0. The second-order valence-corrected chi connectivity index (χ2v) is 5.34. The zero-order valence-corrected chi connectivity index (χ0v) is 12.4. The van der Waals surface area contributed by atoms with Crippen molar-refractivity contribution in [2.24, 2.45) is 0 Å². The second kappa shape index (κ2) is 6.24. The molecule has 1 aliphatic rings. The van der Waals surface area contributed by atoms with E-state index in [0.717, 1.165) is 26.2 Å². The number of rotatable bonds is 4. The van der Waals surface area contributed by atoms with Gasteiger partial charge < -0.3 is 15.4 Å². The lowest BCUT2D eigenvalue weighted by Crippen LogP contribution is -2.50. The number of Topliss-reactive ketones (excluding diaryl/α,β-unsaturated/α-hetero) is 1. The van der Waals surface area contributed by atoms with Crippen LogP contribution in [0.25, 0.3) is 0 Å². The predicted molar refractivity (Wildman–Crippen MR) is 80.3 cm³/mol. The van der Waals surface area contributed by atoms with E-state index in [1.54, 1.807) is 25.3 Å². The topological polar surface area (TPSA) is 58.8 Å². The molecule has 0 amide bonds. The molecule has 1 aromatic carbocycles. The molecule has 0 saturated carbocycles. The molecule has 0 aromatic heterocycles. The Morgan fingerprint density at radius 1 is 1.30 bits per heavy atom. The molecule has 0 bridgehead atoms. The number of ketones is 1. The van der Waals surface area contributed by atoms with Gasteiger partial charge in [0, 0.05) is 31.7 Å². The van der Waals surface area contributed by atoms with E-state index in [2.05, 4.69) is 16.8 Å². The fourth-order valence-corrected chi connectivity index (χ4v) is 2.50. The number of piperazine rings is 1. The number of hydrogen-bond acceptors (Lipinski definition) is 5. The number of nitrogens with zero attached hydrogens (tertiary/aromatic N) is 2. The molecule has 5 heteroatoms. The Balaban J connectivity index is 2.08. The maximum Gasteiger partial charge on any atom is 0.179 e. The minimum Gasteiger partial charge on any atom is -0.495 e. The molecule has 2 N–H and O–H groups in total. The Bertz CT molecular complexity index is 482. The van der Waals surface area contributed by atoms with E-state index < -0.39 is 0 Å². The first-order valence-corrected chi connectivity index (χ1v) is 6.93. The lowest BCUT2D eigenvalue weighted by molar-refractivity contribution is 0.0738. The molecule has 20 heavy (non-hydrogen) atoms. The zero-order valence-electron chi connectivity index (χ0n) is 12.4. The van der Waals surface area contributed by atoms with Crippen molar-refractivity contribution in [3.63, 3.8) is 0 Å². The second-order valence-electron chi connectivity index (χ2n) is 5.34. The number of nitrogens with two attached hydrogens (primary N) is 1. The minimum absolute atomic E-state index is 0.114. The molecule has 1 unspecified atom stereocenters. The average Bonchev–Trinajstić information content (AvgIpc) is 2.46. The molecule has 1 fully saturated rings. The summed E-state index contributed by atoms with van der Waals surface area (Å²) in [6.45, 7) is 5.82. The molecule has 5 nitrogen and oxygen atoms in total. The summed E-state index contributed by atoms with van der Waals surface area (Å²) in [5.41, 5.74) is 7.02. The third-order valence-electron chi connectivity index (χ3n) is 3.98. The quantitative estimate of drug-likeness (QED) is 0.659. The van der Waals surface area contributed by atoms with Crippen LogP contribution in [0.4, 0.5) is 5.69 Å². The van der Waals surface area contributed by atoms with Gasteiger partial charge in [-0.2, -0.15) is 0 Å². The fraction of sp³-hybridized carbons (Fsp3) is 0.533. The van der Waals surface area contributed by atoms with Crippen LogP contribution in [0.5, 0.6) is 5.75 Å². The van der Waals surface area contributed by atoms with Gasteiger partial charge in [0.1, 0.15) is 5.75 Å². The Kier molecular flexibility index (Phi) is 4.62. The minimum atomic E-state index is -0.114. The van der Waals surface area contributed by atoms with E-state index >= 15 is 0 Å². The van der Waals surface area contributed by atoms with Crippen molar-refractivity contribution in [2.75, 3.05) is 46.1 Å². The van der Waals surface area contributed by atoms with Crippen molar-refractivity contribution < 1.29 is 9.53 Å². The molecule has 2 rings (SSSR count). The highest BCUT2D eigenvalue weighted by Crippen LogP contribution is 2.23. The van der Waals surface area contributed by atoms with Crippen LogP contribution in [0, 0.1) is 0 Å². The van der Waals surface area contributed by atoms with Crippen LogP contribution >= 0.6 is 0 Å². The number of hydrogen-bond donors (Lipinski definition) is 1. The van der Waals surface area contributed by atoms with Gasteiger partial charge in [-0.25, -0.2) is 0 Å². The zero-order chi connectivity index (χ0) is 14.7. The van der Waals surface area contributed by atoms with Crippen LogP contribution in [0.2, 0.25) is 0 Å². The summed E-state index contributed by atoms with van der Waals surface area (Å²) < 4.78 is 5.12. The molecule has 1 atom stereocenters. The summed E-state index contributed by atoms with van der Waals surface area (Å²) in [6, 6.07) is 5.12. The number of ether oxygens (including phenoxy) is 1. The van der Waals surface area contributed by atoms with Gasteiger partial charge in [0.25, 0.3) is 0 Å². The monoisotopic (exact) mass is 277 g/mol. The number of anilines is 1. The van der Waals surface area contributed by atoms with E-state index in [9.17, 15) is 4.79 Å². The summed E-state index contributed by atoms with van der Waals surface area (Å²) in [5, 5.41) is 0. The molecule has 1 aromatic rings. The van der Waals surface area contributed by atoms with Crippen LogP contribution < -0.4 is 10.5 Å². The van der Waals surface area contributed by atoms with Crippen molar-refractivity contribution in [3.05, 3.63) is 23.8 Å². The van der Waals surface area contributed by atoms with Crippen LogP contribution in [-0.2, 0) is 0 Å². The Morgan fingerprint density at radius 3 is 2.50 bits per heavy atom. The number of nitrogen functional groups attached to an aromatic ring is 1. The number of methoxy groups -OCH3 is 1. The Morgan fingerprint density at radius 2 is 1.95 bits per heavy atom. The van der Waals surface area contributed by atoms with Crippen LogP contribution in [0.3, 0.4) is 0 Å². The predicted octanol–water partition coefficient (Wildman–Crippen LogP) is 1.10. The number of likely N-dealkylation sites (N-methyl/N-ethyl adjacent to an activating group) is 1. The highest BCUT2D eigenvalue weighted by Gasteiger charge is 2.25. The van der Waals surface area contributed by atoms with Gasteiger partial charge in [0.15, 0.2) is 5.78 Å². The van der Waals surface area contributed by atoms with Gasteiger partial charge in [-0.15, -0.1) is 0 Å². The van der Waals surface area contributed by atoms with E-state index in [-0.39, 0.29) is 11.8 Å². The molecule has 0 radical (unpaired) electrons. The van der Waals surface area contributed by atoms with Crippen LogP contribution in [0.15, 0.2) is 18.2 Å². The Labute approximate surface area is 120 Å². The largest absolute Gasteiger partial charge is 0.495 e. The first kappa shape index (κ1) is 14.8. The van der Waals surface area contributed by atoms with Crippen LogP contribution in [0.1, 0.15) is 17.3 Å². The lowest BCUT2D eigenvalue weighted by atomic mass is 10.0. The highest BCUT2D eigenvalue weighted by atomic mass is 16.5. The smallest absolute Gasteiger partial charge is 0.179 e. The van der Waals surface area contributed by atoms with Crippen molar-refractivity contribution in [3.8, 4) is 5.75 Å². The molecule has 0 aliphatic carbocycles. The molecular weight excluding hydrogens is 254 g/mol. The molecule has 110 valence electrons. The van der Waals surface area contributed by atoms with Gasteiger partial charge in [-0.05, 0) is 32.2 Å². The van der Waals surface area contributed by atoms with E-state index in [1.807, 2.05) is 6.92 Å². The molecule has 1 aliphatic heterocycles. The highest BCUT2D eigenvalue weighted by molar-refractivity contribution is 6.00. The summed E-state index contributed by atoms with van der Waals surface area (Å²) in [7, 11) is 3.67.